The summed E-state index contributed by atoms with van der Waals surface area (Å²) in [5, 5.41) is 0. The van der Waals surface area contributed by atoms with Gasteiger partial charge >= 0.3 is 5.97 Å². The van der Waals surface area contributed by atoms with Crippen molar-refractivity contribution in [1.29, 1.82) is 0 Å². The minimum atomic E-state index is -0.220. The summed E-state index contributed by atoms with van der Waals surface area (Å²) in [6.07, 6.45) is 0.909. The highest BCUT2D eigenvalue weighted by Gasteiger charge is 2.25. The van der Waals surface area contributed by atoms with Gasteiger partial charge in [0.05, 0.1) is 5.56 Å². The molecule has 1 saturated heterocycles. The van der Waals surface area contributed by atoms with Crippen molar-refractivity contribution in [2.24, 2.45) is 0 Å². The lowest BCUT2D eigenvalue weighted by atomic mass is 10.2. The largest absolute Gasteiger partial charge is 0.457 e. The van der Waals surface area contributed by atoms with E-state index in [4.69, 9.17) is 4.74 Å². The first kappa shape index (κ1) is 16.5. The maximum absolute atomic E-state index is 12.0. The molecular weight excluding hydrogens is 298 g/mol. The van der Waals surface area contributed by atoms with Crippen LogP contribution < -0.4 is 0 Å². The van der Waals surface area contributed by atoms with Gasteiger partial charge in [-0.3, -0.25) is 4.90 Å². The third kappa shape index (κ3) is 4.33. The van der Waals surface area contributed by atoms with Crippen LogP contribution in [0.2, 0.25) is 0 Å². The van der Waals surface area contributed by atoms with Gasteiger partial charge in [-0.05, 0) is 24.1 Å². The standard InChI is InChI=1S/C18H19NO2.ClH/c20-18(16-9-5-2-6-10-16)21-17-11-12-19(14-17)13-15-7-3-1-4-8-15;/h1-10,17H,11-14H2;1H/t17-;/m0./s1. The van der Waals surface area contributed by atoms with Gasteiger partial charge < -0.3 is 4.74 Å². The Bertz CT molecular complexity index is 589. The molecule has 3 nitrogen and oxygen atoms in total. The Balaban J connectivity index is 0.00000176. The summed E-state index contributed by atoms with van der Waals surface area (Å²) in [7, 11) is 0. The predicted octanol–water partition coefficient (Wildman–Crippen LogP) is 3.54. The lowest BCUT2D eigenvalue weighted by Gasteiger charge is -2.16. The quantitative estimate of drug-likeness (QED) is 0.808. The van der Waals surface area contributed by atoms with E-state index in [1.165, 1.54) is 5.56 Å². The summed E-state index contributed by atoms with van der Waals surface area (Å²) in [6, 6.07) is 19.6. The molecule has 0 saturated carbocycles. The second-order valence-electron chi connectivity index (χ2n) is 5.40. The summed E-state index contributed by atoms with van der Waals surface area (Å²) in [6.45, 7) is 2.70. The zero-order valence-electron chi connectivity index (χ0n) is 12.4. The molecule has 1 aliphatic heterocycles. The van der Waals surface area contributed by atoms with Gasteiger partial charge in [-0.2, -0.15) is 0 Å². The molecule has 4 heteroatoms. The number of hydrogen-bond acceptors (Lipinski definition) is 3. The van der Waals surface area contributed by atoms with Crippen LogP contribution in [-0.2, 0) is 11.3 Å². The highest BCUT2D eigenvalue weighted by Crippen LogP contribution is 2.17. The van der Waals surface area contributed by atoms with Crippen LogP contribution in [0.3, 0.4) is 0 Å². The normalized spacial score (nSPS) is 17.7. The van der Waals surface area contributed by atoms with Crippen LogP contribution >= 0.6 is 12.4 Å². The van der Waals surface area contributed by atoms with Crippen LogP contribution in [0, 0.1) is 0 Å². The highest BCUT2D eigenvalue weighted by molar-refractivity contribution is 5.89. The Kier molecular flexibility index (Phi) is 5.99. The molecule has 22 heavy (non-hydrogen) atoms. The summed E-state index contributed by atoms with van der Waals surface area (Å²) < 4.78 is 5.58. The number of carbonyl (C=O) groups is 1. The molecule has 1 aliphatic rings. The van der Waals surface area contributed by atoms with Crippen molar-refractivity contribution in [2.45, 2.75) is 19.1 Å². The van der Waals surface area contributed by atoms with E-state index >= 15 is 0 Å². The van der Waals surface area contributed by atoms with E-state index in [1.54, 1.807) is 12.1 Å². The Morgan fingerprint density at radius 1 is 1.05 bits per heavy atom. The van der Waals surface area contributed by atoms with Crippen LogP contribution in [0.4, 0.5) is 0 Å². The minimum absolute atomic E-state index is 0. The Hall–Kier alpha value is -1.84. The van der Waals surface area contributed by atoms with Gasteiger partial charge in [0.15, 0.2) is 0 Å². The van der Waals surface area contributed by atoms with Crippen LogP contribution in [0.15, 0.2) is 60.7 Å². The fraction of sp³-hybridized carbons (Fsp3) is 0.278. The molecule has 0 N–H and O–H groups in total. The topological polar surface area (TPSA) is 29.5 Å². The van der Waals surface area contributed by atoms with Gasteiger partial charge in [0.25, 0.3) is 0 Å². The monoisotopic (exact) mass is 317 g/mol. The zero-order valence-corrected chi connectivity index (χ0v) is 13.2. The second kappa shape index (κ2) is 7.97. The minimum Gasteiger partial charge on any atom is -0.457 e. The average molecular weight is 318 g/mol. The SMILES string of the molecule is Cl.O=C(O[C@H]1CCN(Cc2ccccc2)C1)c1ccccc1. The number of carbonyl (C=O) groups excluding carboxylic acids is 1. The van der Waals surface area contributed by atoms with E-state index in [1.807, 2.05) is 24.3 Å². The third-order valence-electron chi connectivity index (χ3n) is 3.76. The molecule has 0 aliphatic carbocycles. The van der Waals surface area contributed by atoms with Crippen LogP contribution in [-0.4, -0.2) is 30.1 Å². The van der Waals surface area contributed by atoms with Crippen LogP contribution in [0.25, 0.3) is 0 Å². The van der Waals surface area contributed by atoms with Crippen molar-refractivity contribution in [3.8, 4) is 0 Å². The molecule has 116 valence electrons. The van der Waals surface area contributed by atoms with E-state index in [0.29, 0.717) is 5.56 Å². The molecule has 0 aromatic heterocycles. The Morgan fingerprint density at radius 3 is 2.36 bits per heavy atom. The number of esters is 1. The maximum Gasteiger partial charge on any atom is 0.338 e. The highest BCUT2D eigenvalue weighted by atomic mass is 35.5. The first-order valence-corrected chi connectivity index (χ1v) is 7.33. The van der Waals surface area contributed by atoms with E-state index < -0.39 is 0 Å². The molecular formula is C18H20ClNO2. The Labute approximate surface area is 137 Å². The second-order valence-corrected chi connectivity index (χ2v) is 5.40. The van der Waals surface area contributed by atoms with Gasteiger partial charge in [-0.1, -0.05) is 48.5 Å². The first-order valence-electron chi connectivity index (χ1n) is 7.33. The van der Waals surface area contributed by atoms with E-state index in [2.05, 4.69) is 29.2 Å². The molecule has 1 heterocycles. The lowest BCUT2D eigenvalue weighted by Crippen LogP contribution is -2.24. The van der Waals surface area contributed by atoms with Crippen molar-refractivity contribution < 1.29 is 9.53 Å². The van der Waals surface area contributed by atoms with E-state index in [-0.39, 0.29) is 24.5 Å². The first-order chi connectivity index (χ1) is 10.3. The summed E-state index contributed by atoms with van der Waals surface area (Å²) in [5.41, 5.74) is 1.92. The van der Waals surface area contributed by atoms with Crippen molar-refractivity contribution in [3.63, 3.8) is 0 Å². The number of nitrogens with zero attached hydrogens (tertiary/aromatic N) is 1. The van der Waals surface area contributed by atoms with Crippen molar-refractivity contribution >= 4 is 18.4 Å². The van der Waals surface area contributed by atoms with Crippen LogP contribution in [0.5, 0.6) is 0 Å². The molecule has 0 amide bonds. The van der Waals surface area contributed by atoms with Crippen molar-refractivity contribution in [1.82, 2.24) is 4.90 Å². The fourth-order valence-electron chi connectivity index (χ4n) is 2.67. The van der Waals surface area contributed by atoms with Gasteiger partial charge in [-0.25, -0.2) is 4.79 Å². The van der Waals surface area contributed by atoms with Gasteiger partial charge in [0.2, 0.25) is 0 Å². The predicted molar refractivity (Wildman–Crippen MR) is 89.2 cm³/mol. The number of benzene rings is 2. The molecule has 0 spiro atoms. The smallest absolute Gasteiger partial charge is 0.338 e. The van der Waals surface area contributed by atoms with E-state index in [9.17, 15) is 4.79 Å². The van der Waals surface area contributed by atoms with Crippen LogP contribution in [0.1, 0.15) is 22.3 Å². The molecule has 3 rings (SSSR count). The number of halogens is 1. The summed E-state index contributed by atoms with van der Waals surface area (Å²) >= 11 is 0. The van der Waals surface area contributed by atoms with Crippen molar-refractivity contribution in [3.05, 3.63) is 71.8 Å². The molecule has 2 aromatic carbocycles. The third-order valence-corrected chi connectivity index (χ3v) is 3.76. The summed E-state index contributed by atoms with van der Waals surface area (Å²) in [4.78, 5) is 14.4. The van der Waals surface area contributed by atoms with E-state index in [0.717, 1.165) is 26.1 Å². The number of rotatable bonds is 4. The molecule has 0 bridgehead atoms. The molecule has 0 unspecified atom stereocenters. The Morgan fingerprint density at radius 2 is 1.68 bits per heavy atom. The number of hydrogen-bond donors (Lipinski definition) is 0. The fourth-order valence-corrected chi connectivity index (χ4v) is 2.67. The lowest BCUT2D eigenvalue weighted by molar-refractivity contribution is 0.0320. The number of likely N-dealkylation sites (tertiary alicyclic amines) is 1. The number of ether oxygens (including phenoxy) is 1. The molecule has 1 fully saturated rings. The maximum atomic E-state index is 12.0. The molecule has 2 aromatic rings. The molecule has 0 radical (unpaired) electrons. The average Bonchev–Trinajstić information content (AvgIpc) is 2.96. The molecule has 1 atom stereocenters. The van der Waals surface area contributed by atoms with Crippen molar-refractivity contribution in [2.75, 3.05) is 13.1 Å². The zero-order chi connectivity index (χ0) is 14.5. The van der Waals surface area contributed by atoms with Gasteiger partial charge in [-0.15, -0.1) is 12.4 Å². The summed E-state index contributed by atoms with van der Waals surface area (Å²) in [5.74, 6) is -0.220. The van der Waals surface area contributed by atoms with Gasteiger partial charge in [0, 0.05) is 19.6 Å². The van der Waals surface area contributed by atoms with Gasteiger partial charge in [0.1, 0.15) is 6.10 Å².